The van der Waals surface area contributed by atoms with Crippen LogP contribution in [-0.2, 0) is 32.3 Å². The number of sulfonamides is 1. The number of fused-ring (bicyclic) bond motifs is 1. The van der Waals surface area contributed by atoms with E-state index in [0.29, 0.717) is 23.2 Å². The molecule has 7 N–H and O–H groups in total. The van der Waals surface area contributed by atoms with E-state index in [-0.39, 0.29) is 29.2 Å². The van der Waals surface area contributed by atoms with Crippen LogP contribution in [0.25, 0.3) is 10.9 Å². The molecule has 0 atom stereocenters. The zero-order chi connectivity index (χ0) is 33.3. The number of aromatic nitrogens is 1. The van der Waals surface area contributed by atoms with E-state index in [0.717, 1.165) is 12.1 Å². The predicted molar refractivity (Wildman–Crippen MR) is 142 cm³/mol. The fourth-order valence-corrected chi connectivity index (χ4v) is 4.37. The summed E-state index contributed by atoms with van der Waals surface area (Å²) in [6.07, 6.45) is -9.68. The first-order valence-electron chi connectivity index (χ1n) is 12.1. The highest BCUT2D eigenvalue weighted by Gasteiger charge is 2.38. The smallest absolute Gasteiger partial charge is 0.475 e. The molecule has 242 valence electrons. The van der Waals surface area contributed by atoms with E-state index in [1.54, 1.807) is 24.3 Å². The molecule has 0 aliphatic heterocycles. The predicted octanol–water partition coefficient (Wildman–Crippen LogP) is 1.61. The zero-order valence-electron chi connectivity index (χ0n) is 22.3. The lowest BCUT2D eigenvalue weighted by Gasteiger charge is -2.28. The van der Waals surface area contributed by atoms with Gasteiger partial charge in [-0.1, -0.05) is 18.2 Å². The van der Waals surface area contributed by atoms with Gasteiger partial charge in [0.15, 0.2) is 0 Å². The lowest BCUT2D eigenvalue weighted by molar-refractivity contribution is -0.192. The Bertz CT molecular complexity index is 1540. The van der Waals surface area contributed by atoms with Gasteiger partial charge in [-0.2, -0.15) is 26.3 Å². The average Bonchev–Trinajstić information content (AvgIpc) is 2.95. The van der Waals surface area contributed by atoms with Crippen molar-refractivity contribution in [2.24, 2.45) is 0 Å². The first kappa shape index (κ1) is 36.2. The number of benzene rings is 2. The molecule has 3 aromatic rings. The van der Waals surface area contributed by atoms with Crippen LogP contribution < -0.4 is 15.4 Å². The van der Waals surface area contributed by atoms with E-state index in [9.17, 15) is 54.9 Å². The summed E-state index contributed by atoms with van der Waals surface area (Å²) in [5.41, 5.74) is -1.70. The SMILES string of the molecule is O=C(CNCc1ccc2cccc(NS(=O)(=O)c3ccc(C(F)(F)F)cc3)c2n1)NC(CO)(CO)CO.O=C(O)C(F)(F)F. The summed E-state index contributed by atoms with van der Waals surface area (Å²) >= 11 is 0. The normalized spacial score (nSPS) is 12.3. The largest absolute Gasteiger partial charge is 0.490 e. The van der Waals surface area contributed by atoms with Crippen LogP contribution >= 0.6 is 0 Å². The molecule has 19 heteroatoms. The van der Waals surface area contributed by atoms with Gasteiger partial charge in [-0.05, 0) is 36.4 Å². The fraction of sp³-hybridized carbons (Fsp3) is 0.320. The van der Waals surface area contributed by atoms with Crippen LogP contribution in [-0.4, -0.2) is 83.8 Å². The Balaban J connectivity index is 0.000000860. The molecule has 1 heterocycles. The molecule has 0 radical (unpaired) electrons. The monoisotopic (exact) mass is 656 g/mol. The van der Waals surface area contributed by atoms with Crippen molar-refractivity contribution in [1.82, 2.24) is 15.6 Å². The summed E-state index contributed by atoms with van der Waals surface area (Å²) in [7, 11) is -4.22. The van der Waals surface area contributed by atoms with Crippen LogP contribution in [0.4, 0.5) is 32.0 Å². The van der Waals surface area contributed by atoms with Crippen molar-refractivity contribution in [1.29, 1.82) is 0 Å². The van der Waals surface area contributed by atoms with Crippen LogP contribution in [0.1, 0.15) is 11.3 Å². The second-order valence-electron chi connectivity index (χ2n) is 9.02. The number of aliphatic carboxylic acids is 1. The summed E-state index contributed by atoms with van der Waals surface area (Å²) in [5.74, 6) is -3.35. The second kappa shape index (κ2) is 14.6. The lowest BCUT2D eigenvalue weighted by Crippen LogP contribution is -2.58. The molecular weight excluding hydrogens is 630 g/mol. The van der Waals surface area contributed by atoms with Crippen LogP contribution in [0.2, 0.25) is 0 Å². The molecule has 1 amide bonds. The number of carboxylic acids is 1. The number of anilines is 1. The van der Waals surface area contributed by atoms with Crippen molar-refractivity contribution in [3.8, 4) is 0 Å². The molecule has 0 aliphatic rings. The number of carbonyl (C=O) groups excluding carboxylic acids is 1. The molecule has 0 saturated heterocycles. The van der Waals surface area contributed by atoms with Crippen molar-refractivity contribution in [2.45, 2.75) is 29.3 Å². The number of nitrogens with one attached hydrogen (secondary N) is 3. The van der Waals surface area contributed by atoms with Gasteiger partial charge in [0.1, 0.15) is 5.54 Å². The first-order chi connectivity index (χ1) is 20.4. The Labute approximate surface area is 245 Å². The lowest BCUT2D eigenvalue weighted by atomic mass is 10.0. The number of carboxylic acid groups (broad SMARTS) is 1. The van der Waals surface area contributed by atoms with E-state index >= 15 is 0 Å². The summed E-state index contributed by atoms with van der Waals surface area (Å²) in [5, 5.41) is 40.8. The maximum Gasteiger partial charge on any atom is 0.490 e. The number of amides is 1. The van der Waals surface area contributed by atoms with Gasteiger partial charge in [-0.3, -0.25) is 9.52 Å². The Morgan fingerprint density at radius 3 is 1.91 bits per heavy atom. The number of hydrogen-bond acceptors (Lipinski definition) is 9. The maximum atomic E-state index is 12.8. The number of pyridine rings is 1. The average molecular weight is 657 g/mol. The number of hydrogen-bond donors (Lipinski definition) is 7. The summed E-state index contributed by atoms with van der Waals surface area (Å²) in [6, 6.07) is 11.2. The quantitative estimate of drug-likeness (QED) is 0.149. The third-order valence-corrected chi connectivity index (χ3v) is 7.04. The highest BCUT2D eigenvalue weighted by Crippen LogP contribution is 2.30. The van der Waals surface area contributed by atoms with Gasteiger partial charge >= 0.3 is 18.3 Å². The van der Waals surface area contributed by atoms with Gasteiger partial charge in [0.2, 0.25) is 5.91 Å². The van der Waals surface area contributed by atoms with E-state index in [4.69, 9.17) is 9.90 Å². The molecule has 2 aromatic carbocycles. The minimum absolute atomic E-state index is 0.0910. The molecule has 3 rings (SSSR count). The van der Waals surface area contributed by atoms with E-state index in [2.05, 4.69) is 20.3 Å². The van der Waals surface area contributed by atoms with E-state index in [1.165, 1.54) is 6.07 Å². The van der Waals surface area contributed by atoms with Gasteiger partial charge in [-0.25, -0.2) is 18.2 Å². The van der Waals surface area contributed by atoms with Crippen molar-refractivity contribution in [3.63, 3.8) is 0 Å². The number of halogens is 6. The minimum Gasteiger partial charge on any atom is -0.475 e. The molecule has 0 bridgehead atoms. The molecule has 0 spiro atoms. The highest BCUT2D eigenvalue weighted by atomic mass is 32.2. The number of aliphatic hydroxyl groups is 3. The fourth-order valence-electron chi connectivity index (χ4n) is 3.31. The van der Waals surface area contributed by atoms with Gasteiger partial charge in [0.25, 0.3) is 10.0 Å². The number of alkyl halides is 6. The molecule has 1 aromatic heterocycles. The Morgan fingerprint density at radius 1 is 0.841 bits per heavy atom. The topological polar surface area (TPSA) is 198 Å². The standard InChI is InChI=1S/C23H25F3N4O6S.C2HF3O2/c24-23(25,26)16-5-8-18(9-6-16)37(35,36)30-19-3-1-2-15-4-7-17(28-21(15)19)10-27-11-20(34)29-22(12-31,13-32)14-33;3-2(4,5)1(6)7/h1-9,27,30-33H,10-14H2,(H,29,34);(H,6,7). The summed E-state index contributed by atoms with van der Waals surface area (Å²) < 4.78 is 98.1. The van der Waals surface area contributed by atoms with Gasteiger partial charge < -0.3 is 31.1 Å². The van der Waals surface area contributed by atoms with E-state index < -0.39 is 65.2 Å². The minimum atomic E-state index is -5.08. The highest BCUT2D eigenvalue weighted by molar-refractivity contribution is 7.92. The maximum absolute atomic E-state index is 12.8. The zero-order valence-corrected chi connectivity index (χ0v) is 23.1. The molecule has 0 saturated carbocycles. The van der Waals surface area contributed by atoms with Crippen molar-refractivity contribution >= 4 is 38.5 Å². The summed E-state index contributed by atoms with van der Waals surface area (Å²) in [4.78, 5) is 25.1. The molecule has 44 heavy (non-hydrogen) atoms. The first-order valence-corrected chi connectivity index (χ1v) is 13.6. The molecular formula is C25H26F6N4O8S. The Morgan fingerprint density at radius 2 is 1.41 bits per heavy atom. The van der Waals surface area contributed by atoms with Crippen LogP contribution in [0.15, 0.2) is 59.5 Å². The molecule has 0 unspecified atom stereocenters. The molecule has 0 aliphatic carbocycles. The molecule has 12 nitrogen and oxygen atoms in total. The Hall–Kier alpha value is -4.04. The third kappa shape index (κ3) is 10.0. The van der Waals surface area contributed by atoms with Crippen LogP contribution in [0.3, 0.4) is 0 Å². The number of aliphatic hydroxyl groups excluding tert-OH is 3. The van der Waals surface area contributed by atoms with E-state index in [1.807, 2.05) is 0 Å². The van der Waals surface area contributed by atoms with Crippen LogP contribution in [0, 0.1) is 0 Å². The van der Waals surface area contributed by atoms with Crippen molar-refractivity contribution in [3.05, 3.63) is 65.9 Å². The number of para-hydroxylation sites is 1. The summed E-state index contributed by atoms with van der Waals surface area (Å²) in [6.45, 7) is -2.13. The number of rotatable bonds is 11. The number of nitrogens with zero attached hydrogens (tertiary/aromatic N) is 1. The van der Waals surface area contributed by atoms with Gasteiger partial charge in [0, 0.05) is 11.9 Å². The Kier molecular flexibility index (Phi) is 12.0. The van der Waals surface area contributed by atoms with Gasteiger partial charge in [0.05, 0.1) is 53.7 Å². The van der Waals surface area contributed by atoms with Crippen molar-refractivity contribution in [2.75, 3.05) is 31.1 Å². The van der Waals surface area contributed by atoms with Crippen LogP contribution in [0.5, 0.6) is 0 Å². The van der Waals surface area contributed by atoms with Crippen molar-refractivity contribution < 1.29 is 64.8 Å². The van der Waals surface area contributed by atoms with Gasteiger partial charge in [-0.15, -0.1) is 0 Å². The third-order valence-electron chi connectivity index (χ3n) is 5.66. The number of carbonyl (C=O) groups is 2. The molecule has 0 fully saturated rings. The second-order valence-corrected chi connectivity index (χ2v) is 10.7.